The third-order valence-corrected chi connectivity index (χ3v) is 2.21. The molecule has 0 atom stereocenters. The van der Waals surface area contributed by atoms with E-state index in [0.717, 1.165) is 30.0 Å². The van der Waals surface area contributed by atoms with Gasteiger partial charge >= 0.3 is 0 Å². The Balaban J connectivity index is 2.12. The van der Waals surface area contributed by atoms with Crippen molar-refractivity contribution in [2.75, 3.05) is 5.32 Å². The number of aryl methyl sites for hydroxylation is 2. The minimum Gasteiger partial charge on any atom is -0.338 e. The van der Waals surface area contributed by atoms with Gasteiger partial charge in [0.15, 0.2) is 0 Å². The van der Waals surface area contributed by atoms with Gasteiger partial charge in [0.2, 0.25) is 0 Å². The van der Waals surface area contributed by atoms with Crippen molar-refractivity contribution >= 4 is 11.5 Å². The standard InChI is InChI=1S/C11H15N5/c1-3-4-9-5-11(13-8-12-9)15-10-6-14-16(2)7-10/h5-8H,3-4H2,1-2H3,(H,12,13,15). The highest BCUT2D eigenvalue weighted by Gasteiger charge is 2.00. The molecule has 0 amide bonds. The normalized spacial score (nSPS) is 10.4. The smallest absolute Gasteiger partial charge is 0.134 e. The van der Waals surface area contributed by atoms with Gasteiger partial charge in [-0.2, -0.15) is 5.10 Å². The van der Waals surface area contributed by atoms with Gasteiger partial charge in [-0.3, -0.25) is 4.68 Å². The molecule has 0 saturated carbocycles. The van der Waals surface area contributed by atoms with Crippen molar-refractivity contribution in [1.82, 2.24) is 19.7 Å². The average molecular weight is 217 g/mol. The van der Waals surface area contributed by atoms with Crippen molar-refractivity contribution in [3.63, 3.8) is 0 Å². The topological polar surface area (TPSA) is 55.6 Å². The second-order valence-corrected chi connectivity index (χ2v) is 3.67. The lowest BCUT2D eigenvalue weighted by molar-refractivity contribution is 0.768. The summed E-state index contributed by atoms with van der Waals surface area (Å²) in [6.45, 7) is 2.14. The second kappa shape index (κ2) is 4.74. The first-order chi connectivity index (χ1) is 7.78. The minimum atomic E-state index is 0.812. The summed E-state index contributed by atoms with van der Waals surface area (Å²) in [5, 5.41) is 7.27. The van der Waals surface area contributed by atoms with Gasteiger partial charge in [-0.15, -0.1) is 0 Å². The molecule has 5 heteroatoms. The van der Waals surface area contributed by atoms with Crippen LogP contribution in [0.5, 0.6) is 0 Å². The predicted molar refractivity (Wildman–Crippen MR) is 62.5 cm³/mol. The SMILES string of the molecule is CCCc1cc(Nc2cnn(C)c2)ncn1. The van der Waals surface area contributed by atoms with Crippen molar-refractivity contribution in [2.45, 2.75) is 19.8 Å². The van der Waals surface area contributed by atoms with Gasteiger partial charge in [0.1, 0.15) is 12.1 Å². The summed E-state index contributed by atoms with van der Waals surface area (Å²) >= 11 is 0. The fourth-order valence-electron chi connectivity index (χ4n) is 1.49. The van der Waals surface area contributed by atoms with Crippen molar-refractivity contribution in [3.8, 4) is 0 Å². The number of nitrogens with zero attached hydrogens (tertiary/aromatic N) is 4. The molecular weight excluding hydrogens is 202 g/mol. The summed E-state index contributed by atoms with van der Waals surface area (Å²) in [5.41, 5.74) is 1.99. The first kappa shape index (κ1) is 10.6. The molecule has 1 N–H and O–H groups in total. The van der Waals surface area contributed by atoms with E-state index in [9.17, 15) is 0 Å². The first-order valence-electron chi connectivity index (χ1n) is 5.34. The second-order valence-electron chi connectivity index (χ2n) is 3.67. The molecule has 0 unspecified atom stereocenters. The van der Waals surface area contributed by atoms with Gasteiger partial charge in [-0.1, -0.05) is 13.3 Å². The Hall–Kier alpha value is -1.91. The lowest BCUT2D eigenvalue weighted by Crippen LogP contribution is -1.96. The van der Waals surface area contributed by atoms with Crippen LogP contribution in [0, 0.1) is 0 Å². The summed E-state index contributed by atoms with van der Waals surface area (Å²) in [4.78, 5) is 8.37. The van der Waals surface area contributed by atoms with E-state index in [0.29, 0.717) is 0 Å². The van der Waals surface area contributed by atoms with Crippen molar-refractivity contribution in [3.05, 3.63) is 30.5 Å². The number of hydrogen-bond donors (Lipinski definition) is 1. The Morgan fingerprint density at radius 1 is 1.38 bits per heavy atom. The molecular formula is C11H15N5. The molecule has 0 aliphatic carbocycles. The van der Waals surface area contributed by atoms with E-state index in [1.54, 1.807) is 17.2 Å². The van der Waals surface area contributed by atoms with Crippen LogP contribution in [-0.4, -0.2) is 19.7 Å². The maximum Gasteiger partial charge on any atom is 0.134 e. The third-order valence-electron chi connectivity index (χ3n) is 2.21. The maximum absolute atomic E-state index is 4.20. The van der Waals surface area contributed by atoms with Crippen LogP contribution < -0.4 is 5.32 Å². The van der Waals surface area contributed by atoms with Crippen LogP contribution in [0.4, 0.5) is 11.5 Å². The van der Waals surface area contributed by atoms with Crippen LogP contribution in [0.2, 0.25) is 0 Å². The van der Waals surface area contributed by atoms with E-state index < -0.39 is 0 Å². The Morgan fingerprint density at radius 3 is 2.94 bits per heavy atom. The molecule has 0 fully saturated rings. The van der Waals surface area contributed by atoms with Crippen molar-refractivity contribution in [2.24, 2.45) is 7.05 Å². The molecule has 0 spiro atoms. The maximum atomic E-state index is 4.20. The summed E-state index contributed by atoms with van der Waals surface area (Å²) in [6, 6.07) is 1.97. The molecule has 0 aliphatic heterocycles. The molecule has 2 aromatic rings. The molecule has 0 aromatic carbocycles. The molecule has 84 valence electrons. The number of rotatable bonds is 4. The highest BCUT2D eigenvalue weighted by molar-refractivity contribution is 5.53. The fourth-order valence-corrected chi connectivity index (χ4v) is 1.49. The molecule has 0 aliphatic rings. The van der Waals surface area contributed by atoms with Crippen LogP contribution in [0.15, 0.2) is 24.8 Å². The largest absolute Gasteiger partial charge is 0.338 e. The minimum absolute atomic E-state index is 0.812. The van der Waals surface area contributed by atoms with Gasteiger partial charge in [0, 0.05) is 25.0 Å². The van der Waals surface area contributed by atoms with E-state index in [-0.39, 0.29) is 0 Å². The summed E-state index contributed by atoms with van der Waals surface area (Å²) in [7, 11) is 1.88. The monoisotopic (exact) mass is 217 g/mol. The van der Waals surface area contributed by atoms with Gasteiger partial charge < -0.3 is 5.32 Å². The zero-order valence-corrected chi connectivity index (χ0v) is 9.51. The van der Waals surface area contributed by atoms with Gasteiger partial charge in [-0.25, -0.2) is 9.97 Å². The van der Waals surface area contributed by atoms with Crippen LogP contribution in [0.25, 0.3) is 0 Å². The van der Waals surface area contributed by atoms with Gasteiger partial charge in [0.05, 0.1) is 11.9 Å². The lowest BCUT2D eigenvalue weighted by atomic mass is 10.2. The number of nitrogens with one attached hydrogen (secondary N) is 1. The van der Waals surface area contributed by atoms with E-state index in [1.807, 2.05) is 19.3 Å². The predicted octanol–water partition coefficient (Wildman–Crippen LogP) is 1.91. The summed E-state index contributed by atoms with van der Waals surface area (Å²) < 4.78 is 1.75. The van der Waals surface area contributed by atoms with Crippen molar-refractivity contribution in [1.29, 1.82) is 0 Å². The Morgan fingerprint density at radius 2 is 2.25 bits per heavy atom. The Bertz CT molecular complexity index is 463. The van der Waals surface area contributed by atoms with Gasteiger partial charge in [-0.05, 0) is 6.42 Å². The van der Waals surface area contributed by atoms with Crippen LogP contribution in [0.1, 0.15) is 19.0 Å². The average Bonchev–Trinajstić information content (AvgIpc) is 2.65. The van der Waals surface area contributed by atoms with Gasteiger partial charge in [0.25, 0.3) is 0 Å². The quantitative estimate of drug-likeness (QED) is 0.849. The van der Waals surface area contributed by atoms with Crippen LogP contribution in [0.3, 0.4) is 0 Å². The molecule has 0 bridgehead atoms. The Labute approximate surface area is 94.5 Å². The number of anilines is 2. The van der Waals surface area contributed by atoms with E-state index in [1.165, 1.54) is 0 Å². The molecule has 2 rings (SSSR count). The summed E-state index contributed by atoms with van der Waals surface area (Å²) in [5.74, 6) is 0.812. The zero-order valence-electron chi connectivity index (χ0n) is 9.51. The highest BCUT2D eigenvalue weighted by atomic mass is 15.3. The number of aromatic nitrogens is 4. The highest BCUT2D eigenvalue weighted by Crippen LogP contribution is 2.13. The zero-order chi connectivity index (χ0) is 11.4. The Kier molecular flexibility index (Phi) is 3.14. The molecule has 2 aromatic heterocycles. The fraction of sp³-hybridized carbons (Fsp3) is 0.364. The van der Waals surface area contributed by atoms with E-state index in [4.69, 9.17) is 0 Å². The van der Waals surface area contributed by atoms with Crippen LogP contribution >= 0.6 is 0 Å². The molecule has 2 heterocycles. The third kappa shape index (κ3) is 2.56. The molecule has 0 radical (unpaired) electrons. The molecule has 0 saturated heterocycles. The van der Waals surface area contributed by atoms with Crippen LogP contribution in [-0.2, 0) is 13.5 Å². The number of hydrogen-bond acceptors (Lipinski definition) is 4. The summed E-state index contributed by atoms with van der Waals surface area (Å²) in [6.07, 6.45) is 7.32. The molecule has 5 nitrogen and oxygen atoms in total. The molecule has 16 heavy (non-hydrogen) atoms. The van der Waals surface area contributed by atoms with E-state index >= 15 is 0 Å². The first-order valence-corrected chi connectivity index (χ1v) is 5.34. The lowest BCUT2D eigenvalue weighted by Gasteiger charge is -2.03. The van der Waals surface area contributed by atoms with Crippen molar-refractivity contribution < 1.29 is 0 Å². The van der Waals surface area contributed by atoms with E-state index in [2.05, 4.69) is 27.3 Å².